The first-order chi connectivity index (χ1) is 16.7. The molecule has 1 aromatic carbocycles. The Morgan fingerprint density at radius 1 is 1.31 bits per heavy atom. The van der Waals surface area contributed by atoms with Crippen LogP contribution in [0.2, 0.25) is 5.02 Å². The molecule has 1 N–H and O–H groups in total. The van der Waals surface area contributed by atoms with E-state index < -0.39 is 6.67 Å². The molecule has 2 fully saturated rings. The fourth-order valence-electron chi connectivity index (χ4n) is 5.18. The third-order valence-electron chi connectivity index (χ3n) is 6.85. The maximum Gasteiger partial charge on any atom is 0.223 e. The van der Waals surface area contributed by atoms with Crippen LogP contribution >= 0.6 is 22.9 Å². The van der Waals surface area contributed by atoms with Gasteiger partial charge < -0.3 is 15.0 Å². The number of fused-ring (bicyclic) bond motifs is 1. The molecule has 35 heavy (non-hydrogen) atoms. The van der Waals surface area contributed by atoms with E-state index in [1.54, 1.807) is 22.6 Å². The number of morpholine rings is 1. The highest BCUT2D eigenvalue weighted by atomic mass is 35.5. The molecule has 0 radical (unpaired) electrons. The number of aromatic nitrogens is 2. The molecule has 2 aliphatic heterocycles. The molecule has 186 valence electrons. The molecule has 9 heteroatoms. The third-order valence-corrected chi connectivity index (χ3v) is 8.19. The number of aryl methyl sites for hydroxylation is 1. The minimum Gasteiger partial charge on any atom is -0.369 e. The fourth-order valence-corrected chi connectivity index (χ4v) is 6.56. The van der Waals surface area contributed by atoms with E-state index in [-0.39, 0.29) is 23.7 Å². The number of rotatable bonds is 6. The Morgan fingerprint density at radius 2 is 2.14 bits per heavy atom. The van der Waals surface area contributed by atoms with Gasteiger partial charge in [0.05, 0.1) is 40.2 Å². The Kier molecular flexibility index (Phi) is 6.83. The number of benzene rings is 1. The van der Waals surface area contributed by atoms with Crippen LogP contribution in [0.4, 0.5) is 4.39 Å². The number of amides is 1. The highest BCUT2D eigenvalue weighted by molar-refractivity contribution is 7.19. The van der Waals surface area contributed by atoms with Crippen molar-refractivity contribution < 1.29 is 13.9 Å². The van der Waals surface area contributed by atoms with Crippen LogP contribution in [0.3, 0.4) is 0 Å². The molecule has 2 aliphatic rings. The van der Waals surface area contributed by atoms with Crippen molar-refractivity contribution in [3.8, 4) is 11.3 Å². The number of nitrogens with one attached hydrogen (secondary N) is 1. The molecule has 1 unspecified atom stereocenters. The van der Waals surface area contributed by atoms with Gasteiger partial charge in [0.25, 0.3) is 0 Å². The SMILES string of the molecule is Cc1cc(Cl)cc(-c2ncnc3cc(CN4C(=O)CCC4CF)sc23)c1C[C@@H]1CNCC(C)(C)O1. The van der Waals surface area contributed by atoms with Gasteiger partial charge in [-0.25, -0.2) is 14.4 Å². The van der Waals surface area contributed by atoms with Crippen molar-refractivity contribution in [2.45, 2.75) is 64.3 Å². The van der Waals surface area contributed by atoms with Crippen molar-refractivity contribution in [1.82, 2.24) is 20.2 Å². The van der Waals surface area contributed by atoms with Crippen molar-refractivity contribution in [2.75, 3.05) is 19.8 Å². The van der Waals surface area contributed by atoms with E-state index in [4.69, 9.17) is 16.3 Å². The number of ether oxygens (including phenoxy) is 1. The Morgan fingerprint density at radius 3 is 2.91 bits per heavy atom. The van der Waals surface area contributed by atoms with E-state index in [1.165, 1.54) is 0 Å². The van der Waals surface area contributed by atoms with Crippen LogP contribution in [-0.2, 0) is 22.5 Å². The van der Waals surface area contributed by atoms with Crippen molar-refractivity contribution >= 4 is 39.1 Å². The van der Waals surface area contributed by atoms with Gasteiger partial charge in [0.2, 0.25) is 5.91 Å². The average molecular weight is 517 g/mol. The number of hydrogen-bond acceptors (Lipinski definition) is 6. The van der Waals surface area contributed by atoms with E-state index in [1.807, 2.05) is 18.2 Å². The van der Waals surface area contributed by atoms with Gasteiger partial charge in [-0.1, -0.05) is 11.6 Å². The van der Waals surface area contributed by atoms with Gasteiger partial charge in [-0.3, -0.25) is 4.79 Å². The first-order valence-corrected chi connectivity index (χ1v) is 13.2. The summed E-state index contributed by atoms with van der Waals surface area (Å²) in [7, 11) is 0. The van der Waals surface area contributed by atoms with Crippen molar-refractivity contribution in [3.05, 3.63) is 45.6 Å². The molecule has 0 aliphatic carbocycles. The Hall–Kier alpha value is -2.13. The number of likely N-dealkylation sites (tertiary alicyclic amines) is 1. The predicted molar refractivity (Wildman–Crippen MR) is 138 cm³/mol. The second-order valence-electron chi connectivity index (χ2n) is 10.1. The molecular weight excluding hydrogens is 487 g/mol. The van der Waals surface area contributed by atoms with Crippen molar-refractivity contribution in [1.29, 1.82) is 0 Å². The maximum absolute atomic E-state index is 13.4. The normalized spacial score (nSPS) is 22.3. The minimum atomic E-state index is -0.512. The lowest BCUT2D eigenvalue weighted by atomic mass is 9.93. The van der Waals surface area contributed by atoms with E-state index in [0.717, 1.165) is 57.0 Å². The number of carbonyl (C=O) groups is 1. The Balaban J connectivity index is 1.52. The standard InChI is InChI=1S/C26H30ClFN4O2S/c1-15-6-16(27)7-21(20(15)8-18-11-29-13-26(2,3)34-18)24-25-22(30-14-31-24)9-19(35-25)12-32-17(10-28)4-5-23(32)33/h6-7,9,14,17-18,29H,4-5,8,10-13H2,1-3H3/t17?,18-/m1/s1. The number of nitrogens with zero attached hydrogens (tertiary/aromatic N) is 3. The molecule has 2 saturated heterocycles. The summed E-state index contributed by atoms with van der Waals surface area (Å²) < 4.78 is 20.7. The summed E-state index contributed by atoms with van der Waals surface area (Å²) in [6.07, 6.45) is 3.32. The van der Waals surface area contributed by atoms with Crippen LogP contribution < -0.4 is 5.32 Å². The van der Waals surface area contributed by atoms with Crippen LogP contribution in [0, 0.1) is 6.92 Å². The lowest BCUT2D eigenvalue weighted by Crippen LogP contribution is -2.51. The van der Waals surface area contributed by atoms with Gasteiger partial charge in [-0.2, -0.15) is 0 Å². The highest BCUT2D eigenvalue weighted by Gasteiger charge is 2.32. The Bertz CT molecular complexity index is 1260. The second-order valence-corrected chi connectivity index (χ2v) is 11.7. The molecule has 2 aromatic heterocycles. The molecule has 0 saturated carbocycles. The van der Waals surface area contributed by atoms with Gasteiger partial charge in [0.15, 0.2) is 0 Å². The van der Waals surface area contributed by atoms with E-state index in [9.17, 15) is 9.18 Å². The number of alkyl halides is 1. The smallest absolute Gasteiger partial charge is 0.223 e. The minimum absolute atomic E-state index is 0.00758. The van der Waals surface area contributed by atoms with E-state index >= 15 is 0 Å². The average Bonchev–Trinajstić information content (AvgIpc) is 3.37. The van der Waals surface area contributed by atoms with Crippen LogP contribution in [0.1, 0.15) is 42.7 Å². The molecule has 0 spiro atoms. The highest BCUT2D eigenvalue weighted by Crippen LogP contribution is 2.38. The quantitative estimate of drug-likeness (QED) is 0.494. The third kappa shape index (κ3) is 5.07. The lowest BCUT2D eigenvalue weighted by Gasteiger charge is -2.37. The van der Waals surface area contributed by atoms with Crippen molar-refractivity contribution in [2.24, 2.45) is 0 Å². The van der Waals surface area contributed by atoms with Crippen LogP contribution in [0.25, 0.3) is 21.5 Å². The van der Waals surface area contributed by atoms with Gasteiger partial charge in [-0.15, -0.1) is 11.3 Å². The topological polar surface area (TPSA) is 67.4 Å². The molecule has 5 rings (SSSR count). The monoisotopic (exact) mass is 516 g/mol. The van der Waals surface area contributed by atoms with Gasteiger partial charge in [0, 0.05) is 41.4 Å². The predicted octanol–water partition coefficient (Wildman–Crippen LogP) is 5.09. The van der Waals surface area contributed by atoms with Gasteiger partial charge >= 0.3 is 0 Å². The molecule has 0 bridgehead atoms. The van der Waals surface area contributed by atoms with Crippen LogP contribution in [-0.4, -0.2) is 58.3 Å². The summed E-state index contributed by atoms with van der Waals surface area (Å²) in [6, 6.07) is 5.60. The Labute approximate surface area is 213 Å². The summed E-state index contributed by atoms with van der Waals surface area (Å²) in [5.74, 6) is 0.00758. The molecular formula is C26H30ClFN4O2S. The van der Waals surface area contributed by atoms with E-state index in [0.29, 0.717) is 24.4 Å². The lowest BCUT2D eigenvalue weighted by molar-refractivity contribution is -0.129. The first kappa shape index (κ1) is 24.6. The molecule has 2 atom stereocenters. The summed E-state index contributed by atoms with van der Waals surface area (Å²) in [6.45, 7) is 7.76. The van der Waals surface area contributed by atoms with Gasteiger partial charge in [0.1, 0.15) is 13.0 Å². The largest absolute Gasteiger partial charge is 0.369 e. The van der Waals surface area contributed by atoms with Gasteiger partial charge in [-0.05, 0) is 56.5 Å². The molecule has 6 nitrogen and oxygen atoms in total. The summed E-state index contributed by atoms with van der Waals surface area (Å²) in [5, 5.41) is 4.14. The molecule has 1 amide bonds. The summed E-state index contributed by atoms with van der Waals surface area (Å²) in [5.41, 5.74) is 4.64. The first-order valence-electron chi connectivity index (χ1n) is 12.0. The number of hydrogen-bond donors (Lipinski definition) is 1. The molecule has 4 heterocycles. The fraction of sp³-hybridized carbons (Fsp3) is 0.500. The summed E-state index contributed by atoms with van der Waals surface area (Å²) >= 11 is 8.07. The van der Waals surface area contributed by atoms with Crippen LogP contribution in [0.15, 0.2) is 24.5 Å². The molecule has 3 aromatic rings. The number of thiophene rings is 1. The zero-order valence-corrected chi connectivity index (χ0v) is 21.8. The van der Waals surface area contributed by atoms with E-state index in [2.05, 4.69) is 36.1 Å². The number of carbonyl (C=O) groups excluding carboxylic acids is 1. The number of halogens is 2. The maximum atomic E-state index is 13.4. The zero-order valence-electron chi connectivity index (χ0n) is 20.2. The summed E-state index contributed by atoms with van der Waals surface area (Å²) in [4.78, 5) is 24.1. The van der Waals surface area contributed by atoms with Crippen molar-refractivity contribution in [3.63, 3.8) is 0 Å². The van der Waals surface area contributed by atoms with Crippen LogP contribution in [0.5, 0.6) is 0 Å². The second kappa shape index (κ2) is 9.73. The zero-order chi connectivity index (χ0) is 24.7.